The van der Waals surface area contributed by atoms with Crippen molar-refractivity contribution in [2.45, 2.75) is 19.5 Å². The van der Waals surface area contributed by atoms with Gasteiger partial charge in [0.2, 0.25) is 5.91 Å². The molecule has 0 aliphatic heterocycles. The van der Waals surface area contributed by atoms with Crippen LogP contribution >= 0.6 is 11.3 Å². The number of aromatic nitrogens is 1. The molecule has 0 aliphatic carbocycles. The number of carbonyl (C=O) groups excluding carboxylic acids is 1. The van der Waals surface area contributed by atoms with E-state index in [9.17, 15) is 9.59 Å². The standard InChI is InChI=1S/C21H18N2O2S/c1-14(19-11-6-12-26-19)22-20(24)13-23-17-9-4-2-7-15(17)21(25)16-8-3-5-10-18(16)23/h2-12,14H,13H2,1H3,(H,22,24). The van der Waals surface area contributed by atoms with Crippen LogP contribution in [0.15, 0.2) is 70.8 Å². The summed E-state index contributed by atoms with van der Waals surface area (Å²) in [4.78, 5) is 26.6. The maximum absolute atomic E-state index is 12.7. The number of carbonyl (C=O) groups is 1. The summed E-state index contributed by atoms with van der Waals surface area (Å²) in [5.74, 6) is -0.0788. The van der Waals surface area contributed by atoms with Crippen LogP contribution < -0.4 is 10.7 Å². The SMILES string of the molecule is CC(NC(=O)Cn1c2ccccc2c(=O)c2ccccc21)c1cccs1. The Hall–Kier alpha value is -2.92. The first-order valence-corrected chi connectivity index (χ1v) is 9.36. The normalized spacial score (nSPS) is 12.3. The molecular formula is C21H18N2O2S. The number of pyridine rings is 1. The minimum atomic E-state index is -0.0788. The zero-order valence-corrected chi connectivity index (χ0v) is 15.1. The third-order valence-corrected chi connectivity index (χ3v) is 5.58. The number of amides is 1. The smallest absolute Gasteiger partial charge is 0.240 e. The second kappa shape index (κ2) is 6.77. The molecule has 0 fully saturated rings. The van der Waals surface area contributed by atoms with Crippen molar-refractivity contribution in [2.24, 2.45) is 0 Å². The van der Waals surface area contributed by atoms with E-state index in [1.165, 1.54) is 0 Å². The summed E-state index contributed by atoms with van der Waals surface area (Å²) < 4.78 is 1.92. The van der Waals surface area contributed by atoms with Crippen molar-refractivity contribution in [3.63, 3.8) is 0 Å². The van der Waals surface area contributed by atoms with Gasteiger partial charge in [-0.1, -0.05) is 30.3 Å². The van der Waals surface area contributed by atoms with Gasteiger partial charge in [-0.15, -0.1) is 11.3 Å². The first-order chi connectivity index (χ1) is 12.6. The molecule has 0 radical (unpaired) electrons. The second-order valence-electron chi connectivity index (χ2n) is 6.25. The molecule has 0 saturated carbocycles. The monoisotopic (exact) mass is 362 g/mol. The highest BCUT2D eigenvalue weighted by Gasteiger charge is 2.15. The lowest BCUT2D eigenvalue weighted by atomic mass is 10.1. The van der Waals surface area contributed by atoms with Gasteiger partial charge in [0.05, 0.1) is 17.1 Å². The van der Waals surface area contributed by atoms with Crippen molar-refractivity contribution >= 4 is 39.0 Å². The molecule has 2 heterocycles. The summed E-state index contributed by atoms with van der Waals surface area (Å²) in [5.41, 5.74) is 1.55. The molecule has 1 N–H and O–H groups in total. The molecule has 0 saturated heterocycles. The molecule has 2 aromatic heterocycles. The van der Waals surface area contributed by atoms with Gasteiger partial charge in [-0.3, -0.25) is 9.59 Å². The molecule has 5 heteroatoms. The Balaban J connectivity index is 1.76. The van der Waals surface area contributed by atoms with Gasteiger partial charge >= 0.3 is 0 Å². The van der Waals surface area contributed by atoms with Crippen LogP contribution in [-0.2, 0) is 11.3 Å². The van der Waals surface area contributed by atoms with E-state index in [2.05, 4.69) is 5.32 Å². The van der Waals surface area contributed by atoms with Gasteiger partial charge in [0.25, 0.3) is 0 Å². The molecule has 1 amide bonds. The molecule has 26 heavy (non-hydrogen) atoms. The second-order valence-corrected chi connectivity index (χ2v) is 7.23. The molecule has 4 aromatic rings. The van der Waals surface area contributed by atoms with Crippen molar-refractivity contribution < 1.29 is 4.79 Å². The molecule has 130 valence electrons. The average molecular weight is 362 g/mol. The largest absolute Gasteiger partial charge is 0.347 e. The van der Waals surface area contributed by atoms with Crippen LogP contribution in [-0.4, -0.2) is 10.5 Å². The van der Waals surface area contributed by atoms with Crippen LogP contribution in [0.3, 0.4) is 0 Å². The highest BCUT2D eigenvalue weighted by molar-refractivity contribution is 7.10. The fraction of sp³-hybridized carbons (Fsp3) is 0.143. The number of hydrogen-bond acceptors (Lipinski definition) is 3. The number of fused-ring (bicyclic) bond motifs is 2. The Bertz CT molecular complexity index is 1090. The quantitative estimate of drug-likeness (QED) is 0.556. The minimum Gasteiger partial charge on any atom is -0.347 e. The topological polar surface area (TPSA) is 51.1 Å². The zero-order valence-electron chi connectivity index (χ0n) is 14.3. The fourth-order valence-corrected chi connectivity index (χ4v) is 4.02. The lowest BCUT2D eigenvalue weighted by Crippen LogP contribution is -2.30. The molecular weight excluding hydrogens is 344 g/mol. The Kier molecular flexibility index (Phi) is 4.31. The lowest BCUT2D eigenvalue weighted by molar-refractivity contribution is -0.122. The summed E-state index contributed by atoms with van der Waals surface area (Å²) in [7, 11) is 0. The third-order valence-electron chi connectivity index (χ3n) is 4.53. The molecule has 2 aromatic carbocycles. The minimum absolute atomic E-state index is 0.000174. The van der Waals surface area contributed by atoms with E-state index in [0.717, 1.165) is 15.9 Å². The van der Waals surface area contributed by atoms with Gasteiger partial charge in [-0.05, 0) is 42.6 Å². The molecule has 0 spiro atoms. The Morgan fingerprint density at radius 2 is 1.62 bits per heavy atom. The molecule has 4 rings (SSSR count). The lowest BCUT2D eigenvalue weighted by Gasteiger charge is -2.17. The summed E-state index contributed by atoms with van der Waals surface area (Å²) in [6.07, 6.45) is 0. The first-order valence-electron chi connectivity index (χ1n) is 8.48. The van der Waals surface area contributed by atoms with Crippen LogP contribution in [0.1, 0.15) is 17.8 Å². The van der Waals surface area contributed by atoms with Gasteiger partial charge in [-0.25, -0.2) is 0 Å². The van der Waals surface area contributed by atoms with E-state index in [1.807, 2.05) is 77.5 Å². The molecule has 4 nitrogen and oxygen atoms in total. The molecule has 1 unspecified atom stereocenters. The van der Waals surface area contributed by atoms with Crippen LogP contribution in [0.5, 0.6) is 0 Å². The van der Waals surface area contributed by atoms with E-state index in [0.29, 0.717) is 10.8 Å². The van der Waals surface area contributed by atoms with E-state index in [1.54, 1.807) is 11.3 Å². The maximum atomic E-state index is 12.7. The van der Waals surface area contributed by atoms with Crippen LogP contribution in [0.2, 0.25) is 0 Å². The highest BCUT2D eigenvalue weighted by atomic mass is 32.1. The van der Waals surface area contributed by atoms with Gasteiger partial charge in [0, 0.05) is 15.6 Å². The summed E-state index contributed by atoms with van der Waals surface area (Å²) >= 11 is 1.62. The predicted molar refractivity (Wildman–Crippen MR) is 107 cm³/mol. The van der Waals surface area contributed by atoms with Crippen molar-refractivity contribution in [3.8, 4) is 0 Å². The number of rotatable bonds is 4. The van der Waals surface area contributed by atoms with E-state index in [4.69, 9.17) is 0 Å². The Morgan fingerprint density at radius 1 is 1.00 bits per heavy atom. The van der Waals surface area contributed by atoms with Crippen molar-refractivity contribution in [1.29, 1.82) is 0 Å². The number of nitrogens with zero attached hydrogens (tertiary/aromatic N) is 1. The summed E-state index contributed by atoms with van der Waals surface area (Å²) in [5, 5.41) is 6.31. The molecule has 1 atom stereocenters. The zero-order chi connectivity index (χ0) is 18.1. The summed E-state index contributed by atoms with van der Waals surface area (Å²) in [6, 6.07) is 18.8. The Labute approximate surface area is 154 Å². The maximum Gasteiger partial charge on any atom is 0.240 e. The van der Waals surface area contributed by atoms with Crippen LogP contribution in [0, 0.1) is 0 Å². The predicted octanol–water partition coefficient (Wildman–Crippen LogP) is 4.09. The highest BCUT2D eigenvalue weighted by Crippen LogP contribution is 2.20. The van der Waals surface area contributed by atoms with E-state index in [-0.39, 0.29) is 23.9 Å². The van der Waals surface area contributed by atoms with Crippen molar-refractivity contribution in [2.75, 3.05) is 0 Å². The van der Waals surface area contributed by atoms with Crippen molar-refractivity contribution in [1.82, 2.24) is 9.88 Å². The fourth-order valence-electron chi connectivity index (χ4n) is 3.29. The van der Waals surface area contributed by atoms with E-state index >= 15 is 0 Å². The third kappa shape index (κ3) is 2.91. The number of benzene rings is 2. The van der Waals surface area contributed by atoms with Gasteiger partial charge in [-0.2, -0.15) is 0 Å². The van der Waals surface area contributed by atoms with Crippen molar-refractivity contribution in [3.05, 3.63) is 81.1 Å². The first kappa shape index (κ1) is 16.5. The van der Waals surface area contributed by atoms with E-state index < -0.39 is 0 Å². The number of para-hydroxylation sites is 2. The number of thiophene rings is 1. The average Bonchev–Trinajstić information content (AvgIpc) is 3.20. The Morgan fingerprint density at radius 3 is 2.19 bits per heavy atom. The molecule has 0 aliphatic rings. The van der Waals surface area contributed by atoms with Gasteiger partial charge in [0.1, 0.15) is 6.54 Å². The van der Waals surface area contributed by atoms with Gasteiger partial charge in [0.15, 0.2) is 5.43 Å². The van der Waals surface area contributed by atoms with Gasteiger partial charge < -0.3 is 9.88 Å². The molecule has 0 bridgehead atoms. The summed E-state index contributed by atoms with van der Waals surface area (Å²) in [6.45, 7) is 2.14. The van der Waals surface area contributed by atoms with Crippen LogP contribution in [0.25, 0.3) is 21.8 Å². The van der Waals surface area contributed by atoms with Crippen LogP contribution in [0.4, 0.5) is 0 Å². The number of hydrogen-bond donors (Lipinski definition) is 1. The number of nitrogens with one attached hydrogen (secondary N) is 1.